The van der Waals surface area contributed by atoms with Crippen LogP contribution >= 0.6 is 0 Å². The van der Waals surface area contributed by atoms with Crippen molar-refractivity contribution in [2.75, 3.05) is 14.2 Å². The summed E-state index contributed by atoms with van der Waals surface area (Å²) in [5.41, 5.74) is 2.48. The number of quaternary nitrogens is 1. The van der Waals surface area contributed by atoms with Crippen molar-refractivity contribution in [3.63, 3.8) is 0 Å². The average molecular weight is 287 g/mol. The van der Waals surface area contributed by atoms with Crippen molar-refractivity contribution in [2.45, 2.75) is 25.9 Å². The summed E-state index contributed by atoms with van der Waals surface area (Å²) in [6.45, 7) is 3.11. The molecule has 112 valence electrons. The minimum Gasteiger partial charge on any atom is -0.493 e. The fourth-order valence-corrected chi connectivity index (χ4v) is 2.42. The van der Waals surface area contributed by atoms with E-state index in [-0.39, 0.29) is 0 Å². The Kier molecular flexibility index (Phi) is 5.58. The molecular weight excluding hydrogens is 264 g/mol. The number of ether oxygens (including phenoxy) is 2. The Balaban J connectivity index is 2.10. The van der Waals surface area contributed by atoms with Crippen LogP contribution in [0.15, 0.2) is 42.7 Å². The van der Waals surface area contributed by atoms with Crippen molar-refractivity contribution in [1.29, 1.82) is 0 Å². The number of rotatable bonds is 7. The summed E-state index contributed by atoms with van der Waals surface area (Å²) in [5, 5.41) is 2.33. The van der Waals surface area contributed by atoms with Crippen LogP contribution in [0.25, 0.3) is 0 Å². The molecule has 21 heavy (non-hydrogen) atoms. The summed E-state index contributed by atoms with van der Waals surface area (Å²) in [6, 6.07) is 10.6. The van der Waals surface area contributed by atoms with E-state index in [2.05, 4.69) is 35.4 Å². The molecule has 0 fully saturated rings. The largest absolute Gasteiger partial charge is 0.493 e. The number of pyridine rings is 1. The van der Waals surface area contributed by atoms with Gasteiger partial charge in [0.25, 0.3) is 0 Å². The van der Waals surface area contributed by atoms with E-state index in [1.807, 2.05) is 18.3 Å². The third-order valence-corrected chi connectivity index (χ3v) is 3.64. The summed E-state index contributed by atoms with van der Waals surface area (Å²) in [5.74, 6) is 1.55. The fourth-order valence-electron chi connectivity index (χ4n) is 2.42. The zero-order valence-electron chi connectivity index (χ0n) is 12.9. The van der Waals surface area contributed by atoms with Gasteiger partial charge in [0, 0.05) is 29.9 Å². The minimum absolute atomic E-state index is 0.394. The number of benzene rings is 1. The topological polar surface area (TPSA) is 48.0 Å². The number of hydrogen-bond donors (Lipinski definition) is 1. The Morgan fingerprint density at radius 1 is 1.14 bits per heavy atom. The highest BCUT2D eigenvalue weighted by Crippen LogP contribution is 2.29. The second kappa shape index (κ2) is 7.64. The van der Waals surface area contributed by atoms with Crippen LogP contribution in [0.1, 0.15) is 30.5 Å². The predicted molar refractivity (Wildman–Crippen MR) is 82.4 cm³/mol. The molecule has 0 saturated heterocycles. The maximum Gasteiger partial charge on any atom is 0.161 e. The number of aromatic nitrogens is 1. The van der Waals surface area contributed by atoms with Crippen LogP contribution < -0.4 is 14.8 Å². The SMILES string of the molecule is CCC([NH2+]Cc1cccnc1)c1ccc(OC)c(OC)c1. The molecule has 0 spiro atoms. The van der Waals surface area contributed by atoms with Gasteiger partial charge in [-0.2, -0.15) is 0 Å². The lowest BCUT2D eigenvalue weighted by atomic mass is 10.0. The lowest BCUT2D eigenvalue weighted by molar-refractivity contribution is -0.711. The van der Waals surface area contributed by atoms with Crippen molar-refractivity contribution in [3.05, 3.63) is 53.9 Å². The van der Waals surface area contributed by atoms with Crippen LogP contribution in [-0.2, 0) is 6.54 Å². The first-order valence-corrected chi connectivity index (χ1v) is 7.22. The summed E-state index contributed by atoms with van der Waals surface area (Å²) in [7, 11) is 3.32. The first kappa shape index (κ1) is 15.3. The molecule has 1 aromatic heterocycles. The molecule has 0 aliphatic heterocycles. The first-order chi connectivity index (χ1) is 10.3. The summed E-state index contributed by atoms with van der Waals surface area (Å²) in [4.78, 5) is 4.15. The number of hydrogen-bond acceptors (Lipinski definition) is 3. The zero-order chi connectivity index (χ0) is 15.1. The molecule has 0 aliphatic carbocycles. The van der Waals surface area contributed by atoms with Crippen molar-refractivity contribution in [3.8, 4) is 11.5 Å². The summed E-state index contributed by atoms with van der Waals surface area (Å²) in [6.07, 6.45) is 4.77. The molecule has 4 heteroatoms. The van der Waals surface area contributed by atoms with Gasteiger partial charge in [-0.05, 0) is 24.3 Å². The molecule has 1 aromatic carbocycles. The average Bonchev–Trinajstić information content (AvgIpc) is 2.56. The fraction of sp³-hybridized carbons (Fsp3) is 0.353. The van der Waals surface area contributed by atoms with Gasteiger partial charge >= 0.3 is 0 Å². The normalized spacial score (nSPS) is 12.0. The number of nitrogens with two attached hydrogens (primary N) is 1. The predicted octanol–water partition coefficient (Wildman–Crippen LogP) is 2.31. The molecule has 0 radical (unpaired) electrons. The van der Waals surface area contributed by atoms with Crippen molar-refractivity contribution in [1.82, 2.24) is 4.98 Å². The van der Waals surface area contributed by atoms with Crippen molar-refractivity contribution in [2.24, 2.45) is 0 Å². The third kappa shape index (κ3) is 3.95. The summed E-state index contributed by atoms with van der Waals surface area (Å²) >= 11 is 0. The molecule has 0 aliphatic rings. The van der Waals surface area contributed by atoms with E-state index in [9.17, 15) is 0 Å². The van der Waals surface area contributed by atoms with Crippen LogP contribution in [-0.4, -0.2) is 19.2 Å². The Hall–Kier alpha value is -2.07. The van der Waals surface area contributed by atoms with Crippen LogP contribution in [0, 0.1) is 0 Å². The molecule has 0 bridgehead atoms. The molecular formula is C17H23N2O2+. The quantitative estimate of drug-likeness (QED) is 0.850. The molecule has 1 unspecified atom stereocenters. The van der Waals surface area contributed by atoms with Gasteiger partial charge in [0.15, 0.2) is 11.5 Å². The maximum atomic E-state index is 5.39. The van der Waals surface area contributed by atoms with E-state index >= 15 is 0 Å². The molecule has 4 nitrogen and oxygen atoms in total. The van der Waals surface area contributed by atoms with Crippen LogP contribution in [0.5, 0.6) is 11.5 Å². The van der Waals surface area contributed by atoms with Crippen LogP contribution in [0.4, 0.5) is 0 Å². The molecule has 1 atom stereocenters. The molecule has 2 rings (SSSR count). The van der Waals surface area contributed by atoms with Crippen molar-refractivity contribution < 1.29 is 14.8 Å². The molecule has 0 amide bonds. The Morgan fingerprint density at radius 2 is 1.95 bits per heavy atom. The van der Waals surface area contributed by atoms with Gasteiger partial charge in [-0.25, -0.2) is 0 Å². The van der Waals surface area contributed by atoms with Gasteiger partial charge in [-0.1, -0.05) is 13.0 Å². The second-order valence-corrected chi connectivity index (χ2v) is 4.93. The van der Waals surface area contributed by atoms with E-state index < -0.39 is 0 Å². The van der Waals surface area contributed by atoms with Gasteiger partial charge in [-0.3, -0.25) is 4.98 Å². The van der Waals surface area contributed by atoms with Gasteiger partial charge < -0.3 is 14.8 Å². The van der Waals surface area contributed by atoms with E-state index in [0.29, 0.717) is 6.04 Å². The Morgan fingerprint density at radius 3 is 2.57 bits per heavy atom. The van der Waals surface area contributed by atoms with E-state index in [1.54, 1.807) is 20.4 Å². The van der Waals surface area contributed by atoms with Crippen molar-refractivity contribution >= 4 is 0 Å². The number of methoxy groups -OCH3 is 2. The first-order valence-electron chi connectivity index (χ1n) is 7.22. The maximum absolute atomic E-state index is 5.39. The highest BCUT2D eigenvalue weighted by Gasteiger charge is 2.15. The van der Waals surface area contributed by atoms with Gasteiger partial charge in [0.05, 0.1) is 14.2 Å². The highest BCUT2D eigenvalue weighted by atomic mass is 16.5. The second-order valence-electron chi connectivity index (χ2n) is 4.93. The summed E-state index contributed by atoms with van der Waals surface area (Å²) < 4.78 is 10.7. The Bertz CT molecular complexity index is 558. The van der Waals surface area contributed by atoms with Gasteiger partial charge in [0.2, 0.25) is 0 Å². The van der Waals surface area contributed by atoms with Gasteiger partial charge in [-0.15, -0.1) is 0 Å². The van der Waals surface area contributed by atoms with Crippen LogP contribution in [0.2, 0.25) is 0 Å². The third-order valence-electron chi connectivity index (χ3n) is 3.64. The monoisotopic (exact) mass is 287 g/mol. The molecule has 2 N–H and O–H groups in total. The standard InChI is InChI=1S/C17H22N2O2/c1-4-15(19-12-13-6-5-9-18-11-13)14-7-8-16(20-2)17(10-14)21-3/h5-11,15,19H,4,12H2,1-3H3/p+1. The smallest absolute Gasteiger partial charge is 0.161 e. The lowest BCUT2D eigenvalue weighted by Gasteiger charge is -2.16. The highest BCUT2D eigenvalue weighted by molar-refractivity contribution is 5.43. The van der Waals surface area contributed by atoms with E-state index in [4.69, 9.17) is 9.47 Å². The van der Waals surface area contributed by atoms with E-state index in [0.717, 1.165) is 24.5 Å². The minimum atomic E-state index is 0.394. The van der Waals surface area contributed by atoms with Gasteiger partial charge in [0.1, 0.15) is 12.6 Å². The Labute approximate surface area is 126 Å². The molecule has 2 aromatic rings. The zero-order valence-corrected chi connectivity index (χ0v) is 12.9. The molecule has 0 saturated carbocycles. The lowest BCUT2D eigenvalue weighted by Crippen LogP contribution is -2.83. The van der Waals surface area contributed by atoms with E-state index in [1.165, 1.54) is 11.1 Å². The number of nitrogens with zero attached hydrogens (tertiary/aromatic N) is 1. The molecule has 1 heterocycles. The van der Waals surface area contributed by atoms with Crippen LogP contribution in [0.3, 0.4) is 0 Å².